The quantitative estimate of drug-likeness (QED) is 0.529. The van der Waals surface area contributed by atoms with Gasteiger partial charge in [-0.05, 0) is 35.4 Å². The van der Waals surface area contributed by atoms with Gasteiger partial charge in [0.2, 0.25) is 0 Å². The predicted molar refractivity (Wildman–Crippen MR) is 100 cm³/mol. The Bertz CT molecular complexity index is 773. The van der Waals surface area contributed by atoms with Crippen LogP contribution >= 0.6 is 0 Å². The van der Waals surface area contributed by atoms with Gasteiger partial charge in [-0.3, -0.25) is 0 Å². The van der Waals surface area contributed by atoms with E-state index in [4.69, 9.17) is 19.3 Å². The molecule has 0 fully saturated rings. The van der Waals surface area contributed by atoms with Crippen LogP contribution in [-0.2, 0) is 0 Å². The van der Waals surface area contributed by atoms with Crippen molar-refractivity contribution in [2.24, 2.45) is 0 Å². The van der Waals surface area contributed by atoms with Crippen molar-refractivity contribution in [2.45, 2.75) is 12.2 Å². The third kappa shape index (κ3) is 5.13. The minimum atomic E-state index is -1.16. The molecule has 0 bridgehead atoms. The molecule has 0 spiro atoms. The maximum absolute atomic E-state index is 10.6. The van der Waals surface area contributed by atoms with E-state index in [1.165, 1.54) is 32.4 Å². The van der Waals surface area contributed by atoms with Crippen LogP contribution in [0, 0.1) is 0 Å². The number of hydrogen-bond acceptors (Lipinski definition) is 7. The lowest BCUT2D eigenvalue weighted by Gasteiger charge is -2.24. The standard InChI is InChI=1S/C20H24O7/c1-25-17-11-14(6-7-15(17)23)20(24)19(12-22)27-16-8-5-13(4-3-9-21)10-18(16)26-2/h3-8,10-11,19-24H,9,12H2,1-2H3/b4-3+. The fourth-order valence-corrected chi connectivity index (χ4v) is 2.53. The minimum Gasteiger partial charge on any atom is -0.504 e. The van der Waals surface area contributed by atoms with Gasteiger partial charge >= 0.3 is 0 Å². The number of ether oxygens (including phenoxy) is 3. The second-order valence-electron chi connectivity index (χ2n) is 5.71. The summed E-state index contributed by atoms with van der Waals surface area (Å²) in [6, 6.07) is 9.53. The Morgan fingerprint density at radius 1 is 0.963 bits per heavy atom. The second kappa shape index (κ2) is 9.82. The summed E-state index contributed by atoms with van der Waals surface area (Å²) in [5, 5.41) is 38.8. The van der Waals surface area contributed by atoms with Gasteiger partial charge in [0.1, 0.15) is 6.10 Å². The van der Waals surface area contributed by atoms with Gasteiger partial charge in [0.15, 0.2) is 29.1 Å². The Hall–Kier alpha value is -2.74. The first kappa shape index (κ1) is 20.6. The highest BCUT2D eigenvalue weighted by Gasteiger charge is 2.24. The Morgan fingerprint density at radius 2 is 1.70 bits per heavy atom. The van der Waals surface area contributed by atoms with E-state index in [0.29, 0.717) is 17.1 Å². The Kier molecular flexibility index (Phi) is 7.48. The molecule has 7 nitrogen and oxygen atoms in total. The summed E-state index contributed by atoms with van der Waals surface area (Å²) in [7, 11) is 2.89. The SMILES string of the molecule is COc1cc(C(O)C(CO)Oc2ccc(/C=C/CO)cc2OC)ccc1O. The number of aliphatic hydroxyl groups excluding tert-OH is 3. The summed E-state index contributed by atoms with van der Waals surface area (Å²) in [4.78, 5) is 0. The molecule has 2 atom stereocenters. The molecule has 0 radical (unpaired) electrons. The third-order valence-corrected chi connectivity index (χ3v) is 3.96. The summed E-state index contributed by atoms with van der Waals surface area (Å²) < 4.78 is 16.1. The van der Waals surface area contributed by atoms with Gasteiger partial charge in [-0.2, -0.15) is 0 Å². The zero-order chi connectivity index (χ0) is 19.8. The first-order chi connectivity index (χ1) is 13.0. The molecule has 146 valence electrons. The molecule has 2 aromatic rings. The van der Waals surface area contributed by atoms with E-state index >= 15 is 0 Å². The van der Waals surface area contributed by atoms with Crippen molar-refractivity contribution in [3.05, 3.63) is 53.6 Å². The van der Waals surface area contributed by atoms with E-state index in [9.17, 15) is 15.3 Å². The largest absolute Gasteiger partial charge is 0.504 e. The molecular formula is C20H24O7. The molecule has 2 unspecified atom stereocenters. The lowest BCUT2D eigenvalue weighted by atomic mass is 10.0. The van der Waals surface area contributed by atoms with Gasteiger partial charge in [0.25, 0.3) is 0 Å². The van der Waals surface area contributed by atoms with E-state index in [1.807, 2.05) is 0 Å². The van der Waals surface area contributed by atoms with E-state index in [0.717, 1.165) is 5.56 Å². The average Bonchev–Trinajstić information content (AvgIpc) is 2.70. The van der Waals surface area contributed by atoms with Crippen molar-refractivity contribution >= 4 is 6.08 Å². The molecule has 0 saturated carbocycles. The van der Waals surface area contributed by atoms with E-state index in [2.05, 4.69) is 0 Å². The number of phenolic OH excluding ortho intramolecular Hbond substituents is 1. The highest BCUT2D eigenvalue weighted by Crippen LogP contribution is 2.34. The van der Waals surface area contributed by atoms with Gasteiger partial charge in [-0.25, -0.2) is 0 Å². The zero-order valence-electron chi connectivity index (χ0n) is 15.2. The van der Waals surface area contributed by atoms with Gasteiger partial charge < -0.3 is 34.6 Å². The lowest BCUT2D eigenvalue weighted by Crippen LogP contribution is -2.29. The number of phenols is 1. The van der Waals surface area contributed by atoms with Gasteiger partial charge in [0.05, 0.1) is 27.4 Å². The molecule has 0 aliphatic rings. The fraction of sp³-hybridized carbons (Fsp3) is 0.300. The van der Waals surface area contributed by atoms with Crippen LogP contribution in [0.5, 0.6) is 23.0 Å². The molecule has 0 heterocycles. The van der Waals surface area contributed by atoms with Crippen molar-refractivity contribution in [3.63, 3.8) is 0 Å². The number of aromatic hydroxyl groups is 1. The maximum Gasteiger partial charge on any atom is 0.161 e. The zero-order valence-corrected chi connectivity index (χ0v) is 15.2. The first-order valence-corrected chi connectivity index (χ1v) is 8.32. The van der Waals surface area contributed by atoms with Gasteiger partial charge in [-0.1, -0.05) is 24.3 Å². The molecule has 2 rings (SSSR count). The van der Waals surface area contributed by atoms with Crippen LogP contribution in [0.25, 0.3) is 6.08 Å². The predicted octanol–water partition coefficient (Wildman–Crippen LogP) is 1.89. The molecule has 0 saturated heterocycles. The molecule has 0 aliphatic carbocycles. The molecule has 0 amide bonds. The third-order valence-electron chi connectivity index (χ3n) is 3.96. The molecule has 0 aliphatic heterocycles. The topological polar surface area (TPSA) is 109 Å². The van der Waals surface area contributed by atoms with Crippen LogP contribution in [0.4, 0.5) is 0 Å². The Balaban J connectivity index is 2.24. The number of hydrogen-bond donors (Lipinski definition) is 4. The summed E-state index contributed by atoms with van der Waals surface area (Å²) in [5.41, 5.74) is 1.22. The molecular weight excluding hydrogens is 352 g/mol. The molecule has 2 aromatic carbocycles. The van der Waals surface area contributed by atoms with Crippen LogP contribution in [0.1, 0.15) is 17.2 Å². The monoisotopic (exact) mass is 376 g/mol. The average molecular weight is 376 g/mol. The van der Waals surface area contributed by atoms with Gasteiger partial charge in [0, 0.05) is 0 Å². The summed E-state index contributed by atoms with van der Waals surface area (Å²) in [5.74, 6) is 0.926. The highest BCUT2D eigenvalue weighted by molar-refractivity contribution is 5.56. The molecule has 27 heavy (non-hydrogen) atoms. The van der Waals surface area contributed by atoms with Crippen molar-refractivity contribution in [1.29, 1.82) is 0 Å². The van der Waals surface area contributed by atoms with Crippen molar-refractivity contribution in [1.82, 2.24) is 0 Å². The molecule has 7 heteroatoms. The minimum absolute atomic E-state index is 0.0527. The summed E-state index contributed by atoms with van der Waals surface area (Å²) in [6.45, 7) is -0.519. The van der Waals surface area contributed by atoms with E-state index < -0.39 is 18.8 Å². The van der Waals surface area contributed by atoms with Crippen molar-refractivity contribution < 1.29 is 34.6 Å². The first-order valence-electron chi connectivity index (χ1n) is 8.32. The second-order valence-corrected chi connectivity index (χ2v) is 5.71. The smallest absolute Gasteiger partial charge is 0.161 e. The lowest BCUT2D eigenvalue weighted by molar-refractivity contribution is -0.000515. The number of aliphatic hydroxyl groups is 3. The Morgan fingerprint density at radius 3 is 2.33 bits per heavy atom. The fourth-order valence-electron chi connectivity index (χ4n) is 2.53. The number of rotatable bonds is 9. The summed E-state index contributed by atoms with van der Waals surface area (Å²) >= 11 is 0. The highest BCUT2D eigenvalue weighted by atomic mass is 16.5. The van der Waals surface area contributed by atoms with Gasteiger partial charge in [-0.15, -0.1) is 0 Å². The maximum atomic E-state index is 10.6. The van der Waals surface area contributed by atoms with Crippen LogP contribution in [0.15, 0.2) is 42.5 Å². The van der Waals surface area contributed by atoms with Crippen molar-refractivity contribution in [2.75, 3.05) is 27.4 Å². The number of benzene rings is 2. The summed E-state index contributed by atoms with van der Waals surface area (Å²) in [6.07, 6.45) is 1.19. The van der Waals surface area contributed by atoms with Crippen LogP contribution < -0.4 is 14.2 Å². The molecule has 0 aromatic heterocycles. The van der Waals surface area contributed by atoms with E-state index in [1.54, 1.807) is 30.4 Å². The van der Waals surface area contributed by atoms with Crippen LogP contribution in [0.3, 0.4) is 0 Å². The normalized spacial score (nSPS) is 13.4. The van der Waals surface area contributed by atoms with Crippen LogP contribution in [0.2, 0.25) is 0 Å². The molecule has 4 N–H and O–H groups in total. The Labute approximate surface area is 157 Å². The van der Waals surface area contributed by atoms with Crippen LogP contribution in [-0.4, -0.2) is 54.0 Å². The van der Waals surface area contributed by atoms with E-state index in [-0.39, 0.29) is 18.1 Å². The van der Waals surface area contributed by atoms with Crippen molar-refractivity contribution in [3.8, 4) is 23.0 Å². The number of methoxy groups -OCH3 is 2.